The molecule has 0 bridgehead atoms. The van der Waals surface area contributed by atoms with E-state index in [0.29, 0.717) is 6.42 Å². The van der Waals surface area contributed by atoms with Crippen molar-refractivity contribution >= 4 is 46.0 Å². The molecule has 5 heteroatoms. The highest BCUT2D eigenvalue weighted by Crippen LogP contribution is 2.17. The molecule has 0 radical (unpaired) electrons. The number of aryl methyl sites for hydroxylation is 1. The maximum atomic E-state index is 11.1. The fourth-order valence-corrected chi connectivity index (χ4v) is 2.34. The Hall–Kier alpha value is -0.690. The molecule has 1 rings (SSSR count). The fraction of sp³-hybridized carbons (Fsp3) is 0.385. The van der Waals surface area contributed by atoms with Gasteiger partial charge in [0, 0.05) is 18.7 Å². The molecule has 0 unspecified atom stereocenters. The third kappa shape index (κ3) is 5.30. The first kappa shape index (κ1) is 15.4. The quantitative estimate of drug-likeness (QED) is 0.572. The number of esters is 1. The topological polar surface area (TPSA) is 39.2 Å². The fourth-order valence-electron chi connectivity index (χ4n) is 1.47. The summed E-state index contributed by atoms with van der Waals surface area (Å²) < 4.78 is 7.23. The van der Waals surface area contributed by atoms with Gasteiger partial charge in [-0.05, 0) is 29.6 Å². The van der Waals surface area contributed by atoms with E-state index < -0.39 is 0 Å². The average molecular weight is 377 g/mol. The first-order valence-electron chi connectivity index (χ1n) is 5.55. The largest absolute Gasteiger partial charge is 0.458 e. The smallest absolute Gasteiger partial charge is 0.303 e. The minimum Gasteiger partial charge on any atom is -0.458 e. The van der Waals surface area contributed by atoms with E-state index in [0.717, 1.165) is 16.3 Å². The Bertz CT molecular complexity index is 465. The summed E-state index contributed by atoms with van der Waals surface area (Å²) in [5.41, 5.74) is 1.93. The molecule has 0 amide bonds. The summed E-state index contributed by atoms with van der Waals surface area (Å²) in [5.74, 6) is -0.260. The van der Waals surface area contributed by atoms with Gasteiger partial charge in [0.2, 0.25) is 0 Å². The van der Waals surface area contributed by atoms with E-state index in [2.05, 4.69) is 27.6 Å². The number of halogens is 1. The summed E-state index contributed by atoms with van der Waals surface area (Å²) in [4.78, 5) is 15.5. The molecule has 0 aliphatic carbocycles. The summed E-state index contributed by atoms with van der Waals surface area (Å²) in [6.45, 7) is 5.37. The Morgan fingerprint density at radius 3 is 2.83 bits per heavy atom. The Morgan fingerprint density at radius 2 is 2.33 bits per heavy atom. The molecule has 98 valence electrons. The summed E-state index contributed by atoms with van der Waals surface area (Å²) in [6.07, 6.45) is 4.43. The first-order valence-corrected chi connectivity index (χ1v) is 7.68. The summed E-state index contributed by atoms with van der Waals surface area (Å²) in [6, 6.07) is 0. The summed E-state index contributed by atoms with van der Waals surface area (Å²) >= 11 is 3.76. The van der Waals surface area contributed by atoms with Gasteiger partial charge in [-0.3, -0.25) is 4.79 Å². The van der Waals surface area contributed by atoms with Gasteiger partial charge in [-0.25, -0.2) is 4.98 Å². The number of carbonyl (C=O) groups excluding carboxylic acids is 1. The maximum absolute atomic E-state index is 11.1. The number of carbonyl (C=O) groups is 1. The molecular formula is C13H16INO2S. The molecule has 1 aromatic heterocycles. The maximum Gasteiger partial charge on any atom is 0.303 e. The van der Waals surface area contributed by atoms with E-state index in [1.54, 1.807) is 11.3 Å². The predicted octanol–water partition coefficient (Wildman–Crippen LogP) is 4.13. The van der Waals surface area contributed by atoms with Crippen LogP contribution < -0.4 is 0 Å². The lowest BCUT2D eigenvalue weighted by molar-refractivity contribution is -0.144. The number of aromatic nitrogens is 1. The molecule has 0 aliphatic rings. The van der Waals surface area contributed by atoms with E-state index >= 15 is 0 Å². The van der Waals surface area contributed by atoms with E-state index in [4.69, 9.17) is 4.74 Å². The normalized spacial score (nSPS) is 13.9. The molecule has 0 N–H and O–H groups in total. The molecule has 0 spiro atoms. The molecule has 0 fully saturated rings. The molecule has 0 aromatic carbocycles. The van der Waals surface area contributed by atoms with Crippen LogP contribution in [0.25, 0.3) is 6.08 Å². The Balaban J connectivity index is 2.82. The van der Waals surface area contributed by atoms with Crippen LogP contribution in [0.1, 0.15) is 31.0 Å². The van der Waals surface area contributed by atoms with Crippen molar-refractivity contribution in [2.45, 2.75) is 33.3 Å². The van der Waals surface area contributed by atoms with Crippen molar-refractivity contribution in [3.8, 4) is 0 Å². The van der Waals surface area contributed by atoms with Crippen molar-refractivity contribution in [1.82, 2.24) is 4.98 Å². The minimum atomic E-state index is -0.260. The monoisotopic (exact) mass is 377 g/mol. The number of thiazole rings is 1. The highest BCUT2D eigenvalue weighted by atomic mass is 127. The molecule has 0 aliphatic heterocycles. The Morgan fingerprint density at radius 1 is 1.61 bits per heavy atom. The third-order valence-corrected chi connectivity index (χ3v) is 3.57. The molecule has 1 aromatic rings. The zero-order valence-corrected chi connectivity index (χ0v) is 13.6. The molecule has 3 nitrogen and oxygen atoms in total. The van der Waals surface area contributed by atoms with Crippen molar-refractivity contribution in [3.63, 3.8) is 0 Å². The average Bonchev–Trinajstić information content (AvgIpc) is 2.69. The molecular weight excluding hydrogens is 361 g/mol. The van der Waals surface area contributed by atoms with Crippen LogP contribution >= 0.6 is 33.9 Å². The Labute approximate surface area is 125 Å². The third-order valence-electron chi connectivity index (χ3n) is 2.27. The molecule has 0 saturated carbocycles. The minimum absolute atomic E-state index is 0.212. The van der Waals surface area contributed by atoms with Gasteiger partial charge < -0.3 is 4.74 Å². The number of hydrogen-bond donors (Lipinski definition) is 0. The van der Waals surface area contributed by atoms with Crippen molar-refractivity contribution in [1.29, 1.82) is 0 Å². The lowest BCUT2D eigenvalue weighted by atomic mass is 10.1. The van der Waals surface area contributed by atoms with E-state index in [9.17, 15) is 4.79 Å². The zero-order valence-electron chi connectivity index (χ0n) is 10.6. The van der Waals surface area contributed by atoms with Gasteiger partial charge >= 0.3 is 5.97 Å². The highest BCUT2D eigenvalue weighted by molar-refractivity contribution is 14.1. The van der Waals surface area contributed by atoms with E-state index in [1.165, 1.54) is 6.92 Å². The van der Waals surface area contributed by atoms with Crippen LogP contribution in [0.2, 0.25) is 0 Å². The van der Waals surface area contributed by atoms with Crippen molar-refractivity contribution in [3.05, 3.63) is 31.8 Å². The molecule has 0 saturated heterocycles. The van der Waals surface area contributed by atoms with Gasteiger partial charge in [-0.15, -0.1) is 11.3 Å². The molecule has 1 heterocycles. The number of rotatable bonds is 5. The molecule has 18 heavy (non-hydrogen) atoms. The van der Waals surface area contributed by atoms with Crippen LogP contribution in [0.15, 0.2) is 21.1 Å². The van der Waals surface area contributed by atoms with Crippen LogP contribution in [0.5, 0.6) is 0 Å². The number of nitrogens with zero attached hydrogens (tertiary/aromatic N) is 1. The lowest BCUT2D eigenvalue weighted by Crippen LogP contribution is -2.16. The van der Waals surface area contributed by atoms with Gasteiger partial charge in [-0.1, -0.05) is 28.7 Å². The van der Waals surface area contributed by atoms with Gasteiger partial charge in [0.25, 0.3) is 0 Å². The van der Waals surface area contributed by atoms with E-state index in [-0.39, 0.29) is 12.1 Å². The van der Waals surface area contributed by atoms with Crippen molar-refractivity contribution in [2.75, 3.05) is 0 Å². The zero-order chi connectivity index (χ0) is 13.5. The van der Waals surface area contributed by atoms with Gasteiger partial charge in [0.1, 0.15) is 6.10 Å². The number of ether oxygens (including phenoxy) is 1. The lowest BCUT2D eigenvalue weighted by Gasteiger charge is -2.15. The van der Waals surface area contributed by atoms with Crippen LogP contribution in [0, 0.1) is 6.92 Å². The molecule has 1 atom stereocenters. The van der Waals surface area contributed by atoms with Gasteiger partial charge in [-0.2, -0.15) is 0 Å². The van der Waals surface area contributed by atoms with Crippen LogP contribution in [-0.4, -0.2) is 17.1 Å². The van der Waals surface area contributed by atoms with Crippen LogP contribution in [0.4, 0.5) is 0 Å². The predicted molar refractivity (Wildman–Crippen MR) is 83.8 cm³/mol. The SMILES string of the molecule is CC(=O)O[C@@H](C/C=C/I)/C(C)=C/c1csc(C)n1. The second kappa shape index (κ2) is 7.68. The second-order valence-electron chi connectivity index (χ2n) is 3.88. The highest BCUT2D eigenvalue weighted by Gasteiger charge is 2.13. The van der Waals surface area contributed by atoms with Crippen molar-refractivity contribution < 1.29 is 9.53 Å². The first-order chi connectivity index (χ1) is 8.52. The van der Waals surface area contributed by atoms with Crippen LogP contribution in [-0.2, 0) is 9.53 Å². The van der Waals surface area contributed by atoms with Gasteiger partial charge in [0.15, 0.2) is 0 Å². The number of hydrogen-bond acceptors (Lipinski definition) is 4. The van der Waals surface area contributed by atoms with Crippen LogP contribution in [0.3, 0.4) is 0 Å². The van der Waals surface area contributed by atoms with Crippen molar-refractivity contribution in [2.24, 2.45) is 0 Å². The Kier molecular flexibility index (Phi) is 6.56. The standard InChI is InChI=1S/C13H16INO2S/c1-9(7-12-8-18-10(2)15-12)13(5-4-6-14)17-11(3)16/h4,6-8,13H,5H2,1-3H3/b6-4+,9-7+/t13-/m0/s1. The second-order valence-corrected chi connectivity index (χ2v) is 5.66. The van der Waals surface area contributed by atoms with E-state index in [1.807, 2.05) is 35.5 Å². The van der Waals surface area contributed by atoms with Gasteiger partial charge in [0.05, 0.1) is 10.7 Å². The summed E-state index contributed by atoms with van der Waals surface area (Å²) in [5, 5.41) is 3.03. The summed E-state index contributed by atoms with van der Waals surface area (Å²) in [7, 11) is 0.